The van der Waals surface area contributed by atoms with Crippen molar-refractivity contribution in [3.63, 3.8) is 0 Å². The summed E-state index contributed by atoms with van der Waals surface area (Å²) in [5, 5.41) is 19.8. The Bertz CT molecular complexity index is 1390. The number of amides is 1. The summed E-state index contributed by atoms with van der Waals surface area (Å²) in [6, 6.07) is 15.7. The molecule has 0 aliphatic carbocycles. The van der Waals surface area contributed by atoms with E-state index in [1.54, 1.807) is 12.1 Å². The predicted octanol–water partition coefficient (Wildman–Crippen LogP) is 5.64. The van der Waals surface area contributed by atoms with Gasteiger partial charge in [-0.2, -0.15) is 13.2 Å². The van der Waals surface area contributed by atoms with Gasteiger partial charge in [0.15, 0.2) is 5.82 Å². The Morgan fingerprint density at radius 3 is 2.42 bits per heavy atom. The maximum Gasteiger partial charge on any atom is 0.416 e. The largest absolute Gasteiger partial charge is 0.416 e. The molecule has 6 N–H and O–H groups in total. The van der Waals surface area contributed by atoms with E-state index in [4.69, 9.17) is 0 Å². The number of nitrogens with zero attached hydrogens (tertiary/aromatic N) is 1. The lowest BCUT2D eigenvalue weighted by Gasteiger charge is -2.38. The van der Waals surface area contributed by atoms with E-state index >= 15 is 4.39 Å². The summed E-state index contributed by atoms with van der Waals surface area (Å²) >= 11 is 0. The highest BCUT2D eigenvalue weighted by Crippen LogP contribution is 2.52. The van der Waals surface area contributed by atoms with E-state index in [1.807, 2.05) is 25.1 Å². The van der Waals surface area contributed by atoms with Crippen molar-refractivity contribution in [2.24, 2.45) is 0 Å². The molecule has 43 heavy (non-hydrogen) atoms. The number of carbonyl (C=O) groups is 1. The maximum absolute atomic E-state index is 15.8. The zero-order valence-corrected chi connectivity index (χ0v) is 24.4. The van der Waals surface area contributed by atoms with Gasteiger partial charge in [-0.3, -0.25) is 18.2 Å². The van der Waals surface area contributed by atoms with Crippen molar-refractivity contribution in [3.8, 4) is 0 Å². The second-order valence-electron chi connectivity index (χ2n) is 10.3. The van der Waals surface area contributed by atoms with Crippen LogP contribution in [-0.2, 0) is 19.1 Å². The summed E-state index contributed by atoms with van der Waals surface area (Å²) in [6.45, 7) is 2.47. The Balaban J connectivity index is 1.54. The fourth-order valence-corrected chi connectivity index (χ4v) is 6.57. The molecule has 1 amide bonds. The summed E-state index contributed by atoms with van der Waals surface area (Å²) in [7, 11) is -3.23. The van der Waals surface area contributed by atoms with Crippen LogP contribution in [0.15, 0.2) is 66.7 Å². The molecule has 1 heterocycles. The second kappa shape index (κ2) is 14.0. The van der Waals surface area contributed by atoms with E-state index in [2.05, 4.69) is 16.0 Å². The predicted molar refractivity (Wildman–Crippen MR) is 161 cm³/mol. The molecule has 0 aromatic heterocycles. The van der Waals surface area contributed by atoms with E-state index in [1.165, 1.54) is 28.6 Å². The standard InChI is InChI=1S/C30H36F4N4O4S/c1-2-36-23-16-24(28(31)26(17-23)38-12-7-13-43(38,41)42)29(40)37-25(15-20-8-4-3-5-9-20)27(39)19-35-18-21-10-6-11-22(14-21)30(32,33)34/h3-6,8-11,14,16-17,25,27,35-36,39,41-42H,2,7,12-13,15,18-19H2,1H3,(H,37,40)/t25-,27-/m0/s1. The van der Waals surface area contributed by atoms with E-state index < -0.39 is 46.4 Å². The van der Waals surface area contributed by atoms with Gasteiger partial charge in [-0.25, -0.2) is 4.39 Å². The molecule has 0 unspecified atom stereocenters. The van der Waals surface area contributed by atoms with Gasteiger partial charge in [-0.05, 0) is 49.1 Å². The van der Waals surface area contributed by atoms with Crippen LogP contribution in [0.1, 0.15) is 40.4 Å². The van der Waals surface area contributed by atoms with Crippen molar-refractivity contribution in [3.05, 3.63) is 94.8 Å². The Labute approximate surface area is 249 Å². The summed E-state index contributed by atoms with van der Waals surface area (Å²) in [5.74, 6) is -1.64. The summed E-state index contributed by atoms with van der Waals surface area (Å²) in [4.78, 5) is 13.5. The number of hydrogen-bond donors (Lipinski definition) is 6. The highest BCUT2D eigenvalue weighted by molar-refractivity contribution is 8.25. The number of alkyl halides is 3. The van der Waals surface area contributed by atoms with Gasteiger partial charge in [0.05, 0.1) is 34.7 Å². The zero-order valence-electron chi connectivity index (χ0n) is 23.6. The molecule has 2 atom stereocenters. The van der Waals surface area contributed by atoms with Crippen LogP contribution in [0.3, 0.4) is 0 Å². The molecule has 8 nitrogen and oxygen atoms in total. The quantitative estimate of drug-likeness (QED) is 0.144. The molecular formula is C30H36F4N4O4S. The Morgan fingerprint density at radius 1 is 1.05 bits per heavy atom. The molecule has 0 spiro atoms. The van der Waals surface area contributed by atoms with Crippen molar-refractivity contribution in [1.82, 2.24) is 10.6 Å². The molecule has 1 aliphatic rings. The molecule has 1 saturated heterocycles. The van der Waals surface area contributed by atoms with Gasteiger partial charge in [-0.1, -0.05) is 48.5 Å². The van der Waals surface area contributed by atoms with E-state index in [9.17, 15) is 32.2 Å². The molecule has 0 bridgehead atoms. The van der Waals surface area contributed by atoms with E-state index in [0.29, 0.717) is 24.2 Å². The molecule has 13 heteroatoms. The number of aliphatic hydroxyl groups is 1. The van der Waals surface area contributed by atoms with Crippen LogP contribution >= 0.6 is 10.8 Å². The molecule has 0 radical (unpaired) electrons. The first-order valence-electron chi connectivity index (χ1n) is 13.9. The fourth-order valence-electron chi connectivity index (χ4n) is 4.96. The molecule has 3 aromatic carbocycles. The first-order valence-corrected chi connectivity index (χ1v) is 15.6. The van der Waals surface area contributed by atoms with Crippen molar-refractivity contribution in [2.45, 2.75) is 44.6 Å². The van der Waals surface area contributed by atoms with Crippen LogP contribution in [0.25, 0.3) is 0 Å². The third kappa shape index (κ3) is 8.39. The maximum atomic E-state index is 15.8. The number of benzene rings is 3. The average molecular weight is 625 g/mol. The third-order valence-electron chi connectivity index (χ3n) is 7.10. The van der Waals surface area contributed by atoms with Crippen molar-refractivity contribution in [1.29, 1.82) is 0 Å². The molecule has 0 saturated carbocycles. The number of aliphatic hydroxyl groups excluding tert-OH is 1. The van der Waals surface area contributed by atoms with Crippen molar-refractivity contribution >= 4 is 28.1 Å². The second-order valence-corrected chi connectivity index (χ2v) is 12.5. The highest BCUT2D eigenvalue weighted by Gasteiger charge is 2.34. The van der Waals surface area contributed by atoms with Crippen LogP contribution < -0.4 is 20.3 Å². The Kier molecular flexibility index (Phi) is 10.6. The number of nitrogens with one attached hydrogen (secondary N) is 3. The number of rotatable bonds is 12. The van der Waals surface area contributed by atoms with Crippen LogP contribution in [-0.4, -0.2) is 57.7 Å². The molecule has 1 fully saturated rings. The normalized spacial score (nSPS) is 16.9. The summed E-state index contributed by atoms with van der Waals surface area (Å²) in [5.41, 5.74) is 0.348. The van der Waals surface area contributed by atoms with Gasteiger partial charge >= 0.3 is 6.18 Å². The highest BCUT2D eigenvalue weighted by atomic mass is 32.3. The minimum absolute atomic E-state index is 0.0396. The minimum Gasteiger partial charge on any atom is -0.390 e. The SMILES string of the molecule is CCNc1cc(C(=O)N[C@@H](Cc2ccccc2)[C@@H](O)CNCc2cccc(C(F)(F)F)c2)c(F)c(N2CCCS2(O)O)c1. The lowest BCUT2D eigenvalue weighted by Crippen LogP contribution is -2.48. The van der Waals surface area contributed by atoms with Gasteiger partial charge in [0.2, 0.25) is 0 Å². The zero-order chi connectivity index (χ0) is 31.2. The summed E-state index contributed by atoms with van der Waals surface area (Å²) in [6.07, 6.45) is -5.04. The van der Waals surface area contributed by atoms with Crippen molar-refractivity contribution < 1.29 is 36.6 Å². The lowest BCUT2D eigenvalue weighted by molar-refractivity contribution is -0.137. The molecular weight excluding hydrogens is 588 g/mol. The smallest absolute Gasteiger partial charge is 0.390 e. The van der Waals surface area contributed by atoms with Crippen LogP contribution in [0, 0.1) is 5.82 Å². The Hall–Kier alpha value is -3.36. The summed E-state index contributed by atoms with van der Waals surface area (Å²) < 4.78 is 77.2. The van der Waals surface area contributed by atoms with Crippen LogP contribution in [0.5, 0.6) is 0 Å². The van der Waals surface area contributed by atoms with Gasteiger partial charge in [0.1, 0.15) is 0 Å². The van der Waals surface area contributed by atoms with E-state index in [-0.39, 0.29) is 43.1 Å². The minimum atomic E-state index is -4.48. The topological polar surface area (TPSA) is 117 Å². The average Bonchev–Trinajstić information content (AvgIpc) is 3.32. The van der Waals surface area contributed by atoms with Gasteiger partial charge in [0.25, 0.3) is 5.91 Å². The fraction of sp³-hybridized carbons (Fsp3) is 0.367. The lowest BCUT2D eigenvalue weighted by atomic mass is 10.00. The first-order chi connectivity index (χ1) is 20.4. The molecule has 1 aliphatic heterocycles. The third-order valence-corrected chi connectivity index (χ3v) is 9.02. The number of halogens is 4. The number of anilines is 2. The van der Waals surface area contributed by atoms with Gasteiger partial charge in [0, 0.05) is 31.9 Å². The molecule has 4 rings (SSSR count). The Morgan fingerprint density at radius 2 is 1.77 bits per heavy atom. The van der Waals surface area contributed by atoms with Gasteiger partial charge in [-0.15, -0.1) is 10.8 Å². The monoisotopic (exact) mass is 624 g/mol. The van der Waals surface area contributed by atoms with Crippen LogP contribution in [0.4, 0.5) is 28.9 Å². The number of hydrogen-bond acceptors (Lipinski definition) is 7. The van der Waals surface area contributed by atoms with E-state index in [0.717, 1.165) is 17.7 Å². The first kappa shape index (κ1) is 32.6. The van der Waals surface area contributed by atoms with Crippen LogP contribution in [0.2, 0.25) is 0 Å². The van der Waals surface area contributed by atoms with Crippen molar-refractivity contribution in [2.75, 3.05) is 35.0 Å². The number of carbonyl (C=O) groups excluding carboxylic acids is 1. The molecule has 234 valence electrons. The van der Waals surface area contributed by atoms with Gasteiger partial charge < -0.3 is 21.1 Å². The molecule has 3 aromatic rings.